The van der Waals surface area contributed by atoms with Crippen molar-refractivity contribution in [2.45, 2.75) is 64.0 Å². The molecule has 0 spiro atoms. The Morgan fingerprint density at radius 2 is 1.77 bits per heavy atom. The minimum atomic E-state index is -0.127. The van der Waals surface area contributed by atoms with Gasteiger partial charge in [-0.25, -0.2) is 0 Å². The number of hydrogen-bond acceptors (Lipinski definition) is 3. The molecule has 0 unspecified atom stereocenters. The van der Waals surface area contributed by atoms with Crippen LogP contribution in [-0.2, 0) is 9.59 Å². The lowest BCUT2D eigenvalue weighted by Crippen LogP contribution is -2.58. The van der Waals surface area contributed by atoms with Gasteiger partial charge in [-0.1, -0.05) is 6.42 Å². The molecule has 1 aliphatic carbocycles. The Balaban J connectivity index is 1.66. The van der Waals surface area contributed by atoms with Crippen LogP contribution in [0.15, 0.2) is 0 Å². The molecule has 3 aliphatic rings. The fourth-order valence-electron chi connectivity index (χ4n) is 4.12. The predicted molar refractivity (Wildman–Crippen MR) is 85.4 cm³/mol. The van der Waals surface area contributed by atoms with Crippen LogP contribution in [0.1, 0.15) is 51.9 Å². The maximum atomic E-state index is 12.5. The maximum Gasteiger partial charge on any atom is 0.242 e. The molecule has 5 nitrogen and oxygen atoms in total. The molecule has 5 heteroatoms. The van der Waals surface area contributed by atoms with Crippen molar-refractivity contribution in [3.05, 3.63) is 0 Å². The lowest BCUT2D eigenvalue weighted by Gasteiger charge is -2.45. The Labute approximate surface area is 133 Å². The second-order valence-corrected chi connectivity index (χ2v) is 7.21. The topological polar surface area (TPSA) is 52.7 Å². The molecule has 0 radical (unpaired) electrons. The summed E-state index contributed by atoms with van der Waals surface area (Å²) < 4.78 is 0. The van der Waals surface area contributed by atoms with E-state index in [1.54, 1.807) is 0 Å². The molecule has 2 saturated heterocycles. The second-order valence-electron chi connectivity index (χ2n) is 7.21. The molecule has 1 saturated carbocycles. The first-order chi connectivity index (χ1) is 10.6. The Morgan fingerprint density at radius 3 is 2.50 bits per heavy atom. The fraction of sp³-hybridized carbons (Fsp3) is 0.882. The summed E-state index contributed by atoms with van der Waals surface area (Å²) in [5.74, 6) is 0.875. The molecule has 1 N–H and O–H groups in total. The lowest BCUT2D eigenvalue weighted by atomic mass is 9.92. The van der Waals surface area contributed by atoms with E-state index in [9.17, 15) is 9.59 Å². The van der Waals surface area contributed by atoms with Crippen LogP contribution in [0.4, 0.5) is 0 Å². The number of fused-ring (bicyclic) bond motifs is 1. The average molecular weight is 307 g/mol. The molecule has 2 amide bonds. The first kappa shape index (κ1) is 15.8. The van der Waals surface area contributed by atoms with Gasteiger partial charge in [-0.05, 0) is 51.0 Å². The number of hydrogen-bond donors (Lipinski definition) is 1. The van der Waals surface area contributed by atoms with Gasteiger partial charge in [-0.2, -0.15) is 0 Å². The summed E-state index contributed by atoms with van der Waals surface area (Å²) in [4.78, 5) is 28.3. The van der Waals surface area contributed by atoms with Crippen LogP contribution in [0.3, 0.4) is 0 Å². The van der Waals surface area contributed by atoms with Crippen molar-refractivity contribution < 1.29 is 9.59 Å². The minimum Gasteiger partial charge on any atom is -0.347 e. The number of amides is 2. The highest BCUT2D eigenvalue weighted by atomic mass is 16.2. The highest BCUT2D eigenvalue weighted by molar-refractivity contribution is 5.84. The summed E-state index contributed by atoms with van der Waals surface area (Å²) in [6.45, 7) is 4.91. The first-order valence-corrected chi connectivity index (χ1v) is 8.93. The summed E-state index contributed by atoms with van der Waals surface area (Å²) in [7, 11) is 0. The number of carbonyl (C=O) groups excluding carboxylic acids is 2. The number of rotatable bonds is 4. The van der Waals surface area contributed by atoms with Gasteiger partial charge in [0.25, 0.3) is 0 Å². The van der Waals surface area contributed by atoms with Crippen molar-refractivity contribution in [1.82, 2.24) is 15.1 Å². The van der Waals surface area contributed by atoms with E-state index in [4.69, 9.17) is 0 Å². The summed E-state index contributed by atoms with van der Waals surface area (Å²) >= 11 is 0. The summed E-state index contributed by atoms with van der Waals surface area (Å²) in [6, 6.07) is 0.898. The average Bonchev–Trinajstić information content (AvgIpc) is 3.33. The van der Waals surface area contributed by atoms with Crippen LogP contribution in [0.25, 0.3) is 0 Å². The molecule has 3 rings (SSSR count). The number of nitrogens with zero attached hydrogens (tertiary/aromatic N) is 2. The molecule has 0 aromatic rings. The Morgan fingerprint density at radius 1 is 1.00 bits per heavy atom. The van der Waals surface area contributed by atoms with Gasteiger partial charge in [0.2, 0.25) is 11.8 Å². The number of likely N-dealkylation sites (tertiary alicyclic amines) is 2. The van der Waals surface area contributed by atoms with Crippen molar-refractivity contribution >= 4 is 11.8 Å². The van der Waals surface area contributed by atoms with E-state index in [2.05, 4.69) is 15.1 Å². The van der Waals surface area contributed by atoms with Crippen molar-refractivity contribution in [3.63, 3.8) is 0 Å². The van der Waals surface area contributed by atoms with Gasteiger partial charge >= 0.3 is 0 Å². The number of carbonyl (C=O) groups is 2. The van der Waals surface area contributed by atoms with Crippen LogP contribution in [0, 0.1) is 5.92 Å². The fourth-order valence-corrected chi connectivity index (χ4v) is 4.12. The van der Waals surface area contributed by atoms with E-state index < -0.39 is 0 Å². The number of piperidine rings is 1. The highest BCUT2D eigenvalue weighted by Crippen LogP contribution is 2.35. The molecule has 124 valence electrons. The SMILES string of the molecule is CC(=O)NCC(=O)N1CCC[C@@H]2[C@H]1CCCCN2CC1CC1. The molecule has 2 heterocycles. The van der Waals surface area contributed by atoms with E-state index in [-0.39, 0.29) is 18.4 Å². The van der Waals surface area contributed by atoms with Gasteiger partial charge in [0.1, 0.15) is 0 Å². The molecule has 22 heavy (non-hydrogen) atoms. The van der Waals surface area contributed by atoms with Gasteiger partial charge in [0.15, 0.2) is 0 Å². The van der Waals surface area contributed by atoms with Crippen molar-refractivity contribution in [2.24, 2.45) is 5.92 Å². The molecule has 0 aromatic carbocycles. The van der Waals surface area contributed by atoms with Gasteiger partial charge in [0.05, 0.1) is 6.54 Å². The van der Waals surface area contributed by atoms with Gasteiger partial charge < -0.3 is 10.2 Å². The quantitative estimate of drug-likeness (QED) is 0.854. The van der Waals surface area contributed by atoms with E-state index in [0.29, 0.717) is 12.1 Å². The van der Waals surface area contributed by atoms with Crippen LogP contribution in [0.5, 0.6) is 0 Å². The third kappa shape index (κ3) is 3.80. The van der Waals surface area contributed by atoms with Crippen molar-refractivity contribution in [1.29, 1.82) is 0 Å². The van der Waals surface area contributed by atoms with Crippen molar-refractivity contribution in [3.8, 4) is 0 Å². The highest BCUT2D eigenvalue weighted by Gasteiger charge is 2.39. The zero-order chi connectivity index (χ0) is 15.5. The molecule has 3 fully saturated rings. The Hall–Kier alpha value is -1.10. The van der Waals surface area contributed by atoms with Crippen LogP contribution in [0.2, 0.25) is 0 Å². The van der Waals surface area contributed by atoms with E-state index in [0.717, 1.165) is 25.3 Å². The minimum absolute atomic E-state index is 0.0955. The van der Waals surface area contributed by atoms with Crippen LogP contribution < -0.4 is 5.32 Å². The Bertz CT molecular complexity index is 422. The second kappa shape index (κ2) is 6.99. The third-order valence-corrected chi connectivity index (χ3v) is 5.41. The zero-order valence-corrected chi connectivity index (χ0v) is 13.7. The number of nitrogens with one attached hydrogen (secondary N) is 1. The molecule has 0 bridgehead atoms. The molecule has 2 atom stereocenters. The molecule has 0 aromatic heterocycles. The first-order valence-electron chi connectivity index (χ1n) is 8.93. The zero-order valence-electron chi connectivity index (χ0n) is 13.7. The standard InChI is InChI=1S/C17H29N3O2/c1-13(21)18-11-17(22)20-10-4-6-15-16(20)5-2-3-9-19(15)12-14-7-8-14/h14-16H,2-12H2,1H3,(H,18,21)/t15-,16-/m1/s1. The molecular formula is C17H29N3O2. The summed E-state index contributed by atoms with van der Waals surface area (Å²) in [5, 5.41) is 2.66. The van der Waals surface area contributed by atoms with E-state index >= 15 is 0 Å². The van der Waals surface area contributed by atoms with Crippen LogP contribution in [-0.4, -0.2) is 59.9 Å². The van der Waals surface area contributed by atoms with E-state index in [1.165, 1.54) is 52.1 Å². The van der Waals surface area contributed by atoms with Gasteiger partial charge in [-0.15, -0.1) is 0 Å². The smallest absolute Gasteiger partial charge is 0.242 e. The third-order valence-electron chi connectivity index (χ3n) is 5.41. The largest absolute Gasteiger partial charge is 0.347 e. The van der Waals surface area contributed by atoms with Gasteiger partial charge in [-0.3, -0.25) is 14.5 Å². The Kier molecular flexibility index (Phi) is 5.01. The van der Waals surface area contributed by atoms with Gasteiger partial charge in [0, 0.05) is 32.1 Å². The monoisotopic (exact) mass is 307 g/mol. The van der Waals surface area contributed by atoms with E-state index in [1.807, 2.05) is 0 Å². The molecule has 2 aliphatic heterocycles. The molecular weight excluding hydrogens is 278 g/mol. The summed E-state index contributed by atoms with van der Waals surface area (Å²) in [5.41, 5.74) is 0. The predicted octanol–water partition coefficient (Wildman–Crippen LogP) is 1.38. The summed E-state index contributed by atoms with van der Waals surface area (Å²) in [6.07, 6.45) is 8.69. The maximum absolute atomic E-state index is 12.5. The van der Waals surface area contributed by atoms with Crippen LogP contribution >= 0.6 is 0 Å². The lowest BCUT2D eigenvalue weighted by molar-refractivity contribution is -0.137. The van der Waals surface area contributed by atoms with Crippen molar-refractivity contribution in [2.75, 3.05) is 26.2 Å². The normalized spacial score (nSPS) is 29.6.